The SMILES string of the molecule is Cc1ncnc(C2CC2)c1-c1ncc2nc(NCc3ccc([S+](N)[O-])cc3)c(=O)n(C(C)C)c2n1. The van der Waals surface area contributed by atoms with Crippen LogP contribution in [0.1, 0.15) is 55.6 Å². The lowest BCUT2D eigenvalue weighted by Gasteiger charge is -2.16. The fraction of sp³-hybridized carbons (Fsp3) is 0.333. The van der Waals surface area contributed by atoms with Gasteiger partial charge in [0.2, 0.25) is 0 Å². The summed E-state index contributed by atoms with van der Waals surface area (Å²) in [6.45, 7) is 6.16. The van der Waals surface area contributed by atoms with Crippen molar-refractivity contribution in [3.63, 3.8) is 0 Å². The minimum atomic E-state index is -1.53. The molecule has 0 saturated heterocycles. The lowest BCUT2D eigenvalue weighted by Crippen LogP contribution is -2.27. The molecule has 1 aromatic carbocycles. The van der Waals surface area contributed by atoms with Gasteiger partial charge in [0.15, 0.2) is 22.2 Å². The van der Waals surface area contributed by atoms with Gasteiger partial charge in [0.25, 0.3) is 5.56 Å². The van der Waals surface area contributed by atoms with Crippen LogP contribution in [-0.4, -0.2) is 34.0 Å². The molecule has 10 nitrogen and oxygen atoms in total. The summed E-state index contributed by atoms with van der Waals surface area (Å²) in [6, 6.07) is 6.88. The van der Waals surface area contributed by atoms with Gasteiger partial charge in [-0.1, -0.05) is 12.1 Å². The Bertz CT molecular complexity index is 1450. The Balaban J connectivity index is 1.53. The van der Waals surface area contributed by atoms with E-state index in [0.29, 0.717) is 34.3 Å². The number of rotatable bonds is 7. The van der Waals surface area contributed by atoms with E-state index in [1.807, 2.05) is 32.9 Å². The molecule has 0 spiro atoms. The summed E-state index contributed by atoms with van der Waals surface area (Å²) in [5, 5.41) is 8.54. The number of nitrogens with two attached hydrogens (primary N) is 1. The van der Waals surface area contributed by atoms with Crippen LogP contribution in [0.4, 0.5) is 5.82 Å². The van der Waals surface area contributed by atoms with Gasteiger partial charge in [-0.15, -0.1) is 5.14 Å². The first-order chi connectivity index (χ1) is 16.8. The monoisotopic (exact) mass is 490 g/mol. The molecule has 0 amide bonds. The molecule has 1 atom stereocenters. The predicted octanol–water partition coefficient (Wildman–Crippen LogP) is 3.00. The zero-order valence-electron chi connectivity index (χ0n) is 19.7. The van der Waals surface area contributed by atoms with Crippen LogP contribution < -0.4 is 16.0 Å². The highest BCUT2D eigenvalue weighted by atomic mass is 32.2. The number of aryl methyl sites for hydroxylation is 1. The van der Waals surface area contributed by atoms with Crippen molar-refractivity contribution < 1.29 is 4.55 Å². The van der Waals surface area contributed by atoms with Crippen molar-refractivity contribution in [2.75, 3.05) is 5.32 Å². The number of hydrogen-bond donors (Lipinski definition) is 2. The first kappa shape index (κ1) is 23.3. The maximum atomic E-state index is 13.4. The van der Waals surface area contributed by atoms with Gasteiger partial charge in [-0.25, -0.2) is 24.9 Å². The molecule has 3 heterocycles. The van der Waals surface area contributed by atoms with Crippen LogP contribution in [0.25, 0.3) is 22.6 Å². The van der Waals surface area contributed by atoms with Crippen molar-refractivity contribution in [1.82, 2.24) is 29.5 Å². The van der Waals surface area contributed by atoms with E-state index in [9.17, 15) is 9.35 Å². The largest absolute Gasteiger partial charge is 0.593 e. The topological polar surface area (TPSA) is 148 Å². The molecule has 11 heteroatoms. The van der Waals surface area contributed by atoms with Gasteiger partial charge in [-0.2, -0.15) is 0 Å². The summed E-state index contributed by atoms with van der Waals surface area (Å²) in [4.78, 5) is 36.7. The Morgan fingerprint density at radius 3 is 2.57 bits per heavy atom. The first-order valence-corrected chi connectivity index (χ1v) is 12.6. The van der Waals surface area contributed by atoms with Gasteiger partial charge < -0.3 is 9.87 Å². The number of nitrogens with zero attached hydrogens (tertiary/aromatic N) is 6. The number of nitrogens with one attached hydrogen (secondary N) is 1. The number of fused-ring (bicyclic) bond motifs is 1. The van der Waals surface area contributed by atoms with Crippen LogP contribution in [0.15, 0.2) is 46.5 Å². The van der Waals surface area contributed by atoms with Crippen LogP contribution in [0.5, 0.6) is 0 Å². The lowest BCUT2D eigenvalue weighted by molar-refractivity contribution is 0.593. The molecule has 0 aliphatic heterocycles. The van der Waals surface area contributed by atoms with Crippen molar-refractivity contribution >= 4 is 28.3 Å². The van der Waals surface area contributed by atoms with Crippen LogP contribution >= 0.6 is 0 Å². The third-order valence-electron chi connectivity index (χ3n) is 6.02. The maximum Gasteiger partial charge on any atom is 0.295 e. The smallest absolute Gasteiger partial charge is 0.295 e. The average molecular weight is 491 g/mol. The molecule has 35 heavy (non-hydrogen) atoms. The number of aromatic nitrogens is 6. The Kier molecular flexibility index (Phi) is 6.22. The van der Waals surface area contributed by atoms with Crippen molar-refractivity contribution in [3.05, 3.63) is 64.1 Å². The molecule has 1 aliphatic carbocycles. The Hall–Kier alpha value is -3.41. The van der Waals surface area contributed by atoms with Crippen LogP contribution in [0.2, 0.25) is 0 Å². The highest BCUT2D eigenvalue weighted by Crippen LogP contribution is 2.43. The fourth-order valence-electron chi connectivity index (χ4n) is 4.08. The summed E-state index contributed by atoms with van der Waals surface area (Å²) in [7, 11) is 0. The maximum absolute atomic E-state index is 13.4. The Labute approximate surface area is 205 Å². The van der Waals surface area contributed by atoms with E-state index >= 15 is 0 Å². The molecule has 0 bridgehead atoms. The van der Waals surface area contributed by atoms with E-state index in [4.69, 9.17) is 10.1 Å². The van der Waals surface area contributed by atoms with E-state index in [-0.39, 0.29) is 17.4 Å². The third-order valence-corrected chi connectivity index (χ3v) is 6.75. The lowest BCUT2D eigenvalue weighted by atomic mass is 10.1. The van der Waals surface area contributed by atoms with Crippen molar-refractivity contribution in [3.8, 4) is 11.4 Å². The fourth-order valence-corrected chi connectivity index (χ4v) is 4.48. The highest BCUT2D eigenvalue weighted by Gasteiger charge is 2.30. The van der Waals surface area contributed by atoms with Gasteiger partial charge >= 0.3 is 0 Å². The minimum absolute atomic E-state index is 0.147. The second-order valence-electron chi connectivity index (χ2n) is 8.92. The quantitative estimate of drug-likeness (QED) is 0.373. The number of anilines is 1. The van der Waals surface area contributed by atoms with E-state index < -0.39 is 11.4 Å². The first-order valence-electron chi connectivity index (χ1n) is 11.4. The van der Waals surface area contributed by atoms with Crippen molar-refractivity contribution in [2.45, 2.75) is 57.0 Å². The molecule has 1 fully saturated rings. The predicted molar refractivity (Wildman–Crippen MR) is 134 cm³/mol. The van der Waals surface area contributed by atoms with E-state index in [0.717, 1.165) is 35.4 Å². The molecule has 1 unspecified atom stereocenters. The standard InChI is InChI=1S/C24H26N8O2S/c1-13(2)32-23-18(11-27-21(31-23)19-14(3)28-12-29-20(19)16-6-7-16)30-22(24(32)33)26-10-15-4-8-17(9-5-15)35(25)34/h4-5,8-9,11-13,16H,6-7,10,25H2,1-3H3,(H,26,30). The van der Waals surface area contributed by atoms with Crippen LogP contribution in [0.3, 0.4) is 0 Å². The molecule has 180 valence electrons. The van der Waals surface area contributed by atoms with E-state index in [2.05, 4.69) is 25.3 Å². The zero-order valence-corrected chi connectivity index (χ0v) is 20.5. The highest BCUT2D eigenvalue weighted by molar-refractivity contribution is 7.89. The summed E-state index contributed by atoms with van der Waals surface area (Å²) in [5.41, 5.74) is 4.24. The van der Waals surface area contributed by atoms with Crippen molar-refractivity contribution in [1.29, 1.82) is 0 Å². The number of hydrogen-bond acceptors (Lipinski definition) is 9. The van der Waals surface area contributed by atoms with E-state index in [1.165, 1.54) is 0 Å². The second-order valence-corrected chi connectivity index (χ2v) is 9.99. The van der Waals surface area contributed by atoms with Gasteiger partial charge in [0.05, 0.1) is 34.5 Å². The Morgan fingerprint density at radius 2 is 1.91 bits per heavy atom. The number of benzene rings is 1. The summed E-state index contributed by atoms with van der Waals surface area (Å²) in [6.07, 6.45) is 5.42. The summed E-state index contributed by atoms with van der Waals surface area (Å²) in [5.74, 6) is 1.13. The van der Waals surface area contributed by atoms with E-state index in [1.54, 1.807) is 29.2 Å². The van der Waals surface area contributed by atoms with Gasteiger partial charge in [0, 0.05) is 18.5 Å². The average Bonchev–Trinajstić information content (AvgIpc) is 3.68. The molecule has 3 aromatic heterocycles. The zero-order chi connectivity index (χ0) is 24.7. The van der Waals surface area contributed by atoms with Gasteiger partial charge in [0.1, 0.15) is 11.8 Å². The molecule has 3 N–H and O–H groups in total. The molecule has 0 radical (unpaired) electrons. The van der Waals surface area contributed by atoms with Crippen LogP contribution in [-0.2, 0) is 17.9 Å². The summed E-state index contributed by atoms with van der Waals surface area (Å²) < 4.78 is 13.0. The molecule has 1 saturated carbocycles. The van der Waals surface area contributed by atoms with Crippen molar-refractivity contribution in [2.24, 2.45) is 5.14 Å². The third kappa shape index (κ3) is 4.62. The molecule has 5 rings (SSSR count). The van der Waals surface area contributed by atoms with Gasteiger partial charge in [-0.05, 0) is 51.3 Å². The molecule has 4 aromatic rings. The molecule has 1 aliphatic rings. The minimum Gasteiger partial charge on any atom is -0.593 e. The normalized spacial score (nSPS) is 14.5. The molecular formula is C24H26N8O2S. The summed E-state index contributed by atoms with van der Waals surface area (Å²) >= 11 is -1.53. The second kappa shape index (κ2) is 9.33. The Morgan fingerprint density at radius 1 is 1.17 bits per heavy atom. The van der Waals surface area contributed by atoms with Gasteiger partial charge in [-0.3, -0.25) is 9.36 Å². The van der Waals surface area contributed by atoms with Crippen LogP contribution in [0, 0.1) is 6.92 Å². The molecular weight excluding hydrogens is 464 g/mol.